The second-order valence-corrected chi connectivity index (χ2v) is 8.36. The molecule has 0 radical (unpaired) electrons. The molecule has 0 unspecified atom stereocenters. The Labute approximate surface area is 188 Å². The highest BCUT2D eigenvalue weighted by molar-refractivity contribution is 5.59. The lowest BCUT2D eigenvalue weighted by molar-refractivity contribution is 0.303. The third kappa shape index (κ3) is 7.86. The molecule has 0 fully saturated rings. The van der Waals surface area contributed by atoms with Gasteiger partial charge in [-0.1, -0.05) is 94.5 Å². The lowest BCUT2D eigenvalue weighted by atomic mass is 10.0. The standard InChI is InChI=1S/C29H37NO/c1-3-5-6-7-8-9-22-31-28-20-21-29(30-23-28)27-18-16-26(17-19-27)15-14-25-12-10-24(4-2)11-13-25/h10-13,16-21,23H,3-9,14-15,22H2,1-2H3. The Morgan fingerprint density at radius 2 is 1.26 bits per heavy atom. The lowest BCUT2D eigenvalue weighted by Crippen LogP contribution is -1.98. The summed E-state index contributed by atoms with van der Waals surface area (Å²) in [5.41, 5.74) is 6.31. The number of aryl methyl sites for hydroxylation is 3. The molecule has 31 heavy (non-hydrogen) atoms. The molecule has 0 amide bonds. The molecule has 3 rings (SSSR count). The zero-order chi connectivity index (χ0) is 21.7. The van der Waals surface area contributed by atoms with Gasteiger partial charge in [-0.2, -0.15) is 0 Å². The minimum Gasteiger partial charge on any atom is -0.492 e. The Morgan fingerprint density at radius 1 is 0.645 bits per heavy atom. The Hall–Kier alpha value is -2.61. The van der Waals surface area contributed by atoms with Gasteiger partial charge in [0, 0.05) is 5.56 Å². The fourth-order valence-corrected chi connectivity index (χ4v) is 3.78. The van der Waals surface area contributed by atoms with Crippen molar-refractivity contribution >= 4 is 0 Å². The van der Waals surface area contributed by atoms with Crippen LogP contribution in [-0.2, 0) is 19.3 Å². The number of ether oxygens (including phenoxy) is 1. The van der Waals surface area contributed by atoms with Gasteiger partial charge in [-0.15, -0.1) is 0 Å². The molecule has 0 aliphatic rings. The van der Waals surface area contributed by atoms with Gasteiger partial charge in [0.25, 0.3) is 0 Å². The van der Waals surface area contributed by atoms with Crippen molar-refractivity contribution in [1.82, 2.24) is 4.98 Å². The highest BCUT2D eigenvalue weighted by Crippen LogP contribution is 2.21. The Morgan fingerprint density at radius 3 is 1.87 bits per heavy atom. The van der Waals surface area contributed by atoms with Crippen molar-refractivity contribution in [3.05, 3.63) is 83.6 Å². The van der Waals surface area contributed by atoms with Gasteiger partial charge in [0.2, 0.25) is 0 Å². The molecule has 2 heteroatoms. The molecule has 0 spiro atoms. The molecule has 0 atom stereocenters. The molecule has 0 N–H and O–H groups in total. The Balaban J connectivity index is 1.43. The summed E-state index contributed by atoms with van der Waals surface area (Å²) in [6, 6.07) is 21.9. The highest BCUT2D eigenvalue weighted by atomic mass is 16.5. The highest BCUT2D eigenvalue weighted by Gasteiger charge is 2.02. The van der Waals surface area contributed by atoms with Gasteiger partial charge >= 0.3 is 0 Å². The van der Waals surface area contributed by atoms with E-state index in [1.165, 1.54) is 48.8 Å². The average molecular weight is 416 g/mol. The first-order valence-electron chi connectivity index (χ1n) is 12.0. The van der Waals surface area contributed by atoms with Crippen LogP contribution in [0, 0.1) is 0 Å². The summed E-state index contributed by atoms with van der Waals surface area (Å²) < 4.78 is 5.85. The van der Waals surface area contributed by atoms with Crippen LogP contribution in [0.1, 0.15) is 69.1 Å². The van der Waals surface area contributed by atoms with E-state index in [2.05, 4.69) is 73.4 Å². The SMILES string of the molecule is CCCCCCCCOc1ccc(-c2ccc(CCc3ccc(CC)cc3)cc2)nc1. The quantitative estimate of drug-likeness (QED) is 0.265. The summed E-state index contributed by atoms with van der Waals surface area (Å²) in [7, 11) is 0. The van der Waals surface area contributed by atoms with Gasteiger partial charge in [0.15, 0.2) is 0 Å². The monoisotopic (exact) mass is 415 g/mol. The molecule has 164 valence electrons. The van der Waals surface area contributed by atoms with Gasteiger partial charge in [-0.3, -0.25) is 4.98 Å². The van der Waals surface area contributed by atoms with E-state index in [4.69, 9.17) is 4.74 Å². The third-order valence-corrected chi connectivity index (χ3v) is 5.89. The molecule has 0 aliphatic carbocycles. The lowest BCUT2D eigenvalue weighted by Gasteiger charge is -2.08. The van der Waals surface area contributed by atoms with Crippen molar-refractivity contribution in [2.45, 2.75) is 71.6 Å². The first kappa shape index (κ1) is 23.1. The van der Waals surface area contributed by atoms with E-state index in [-0.39, 0.29) is 0 Å². The van der Waals surface area contributed by atoms with Gasteiger partial charge in [-0.05, 0) is 54.5 Å². The molecule has 0 saturated heterocycles. The summed E-state index contributed by atoms with van der Waals surface area (Å²) in [5.74, 6) is 0.864. The van der Waals surface area contributed by atoms with E-state index in [1.54, 1.807) is 0 Å². The number of benzene rings is 2. The van der Waals surface area contributed by atoms with Crippen molar-refractivity contribution in [1.29, 1.82) is 0 Å². The zero-order valence-electron chi connectivity index (χ0n) is 19.3. The molecule has 1 heterocycles. The van der Waals surface area contributed by atoms with Crippen LogP contribution in [0.3, 0.4) is 0 Å². The van der Waals surface area contributed by atoms with Crippen LogP contribution in [0.5, 0.6) is 5.75 Å². The molecule has 1 aromatic heterocycles. The number of aromatic nitrogens is 1. The van der Waals surface area contributed by atoms with E-state index < -0.39 is 0 Å². The number of nitrogens with zero attached hydrogens (tertiary/aromatic N) is 1. The second kappa shape index (κ2) is 12.9. The fourth-order valence-electron chi connectivity index (χ4n) is 3.78. The van der Waals surface area contributed by atoms with Crippen molar-refractivity contribution in [3.8, 4) is 17.0 Å². The van der Waals surface area contributed by atoms with Crippen molar-refractivity contribution in [2.24, 2.45) is 0 Å². The van der Waals surface area contributed by atoms with Crippen LogP contribution in [0.25, 0.3) is 11.3 Å². The summed E-state index contributed by atoms with van der Waals surface area (Å²) >= 11 is 0. The van der Waals surface area contributed by atoms with Crippen LogP contribution >= 0.6 is 0 Å². The smallest absolute Gasteiger partial charge is 0.137 e. The maximum absolute atomic E-state index is 5.85. The minimum absolute atomic E-state index is 0.781. The van der Waals surface area contributed by atoms with Crippen LogP contribution in [-0.4, -0.2) is 11.6 Å². The Kier molecular flexibility index (Phi) is 9.63. The molecule has 2 aromatic carbocycles. The largest absolute Gasteiger partial charge is 0.492 e. The van der Waals surface area contributed by atoms with E-state index >= 15 is 0 Å². The van der Waals surface area contributed by atoms with Crippen LogP contribution in [0.2, 0.25) is 0 Å². The van der Waals surface area contributed by atoms with Crippen molar-refractivity contribution in [3.63, 3.8) is 0 Å². The van der Waals surface area contributed by atoms with E-state index in [0.29, 0.717) is 0 Å². The molecule has 2 nitrogen and oxygen atoms in total. The maximum atomic E-state index is 5.85. The van der Waals surface area contributed by atoms with Crippen LogP contribution in [0.4, 0.5) is 0 Å². The first-order chi connectivity index (χ1) is 15.3. The number of unbranched alkanes of at least 4 members (excludes halogenated alkanes) is 5. The Bertz CT molecular complexity index is 866. The fraction of sp³-hybridized carbons (Fsp3) is 0.414. The maximum Gasteiger partial charge on any atom is 0.137 e. The van der Waals surface area contributed by atoms with Gasteiger partial charge < -0.3 is 4.74 Å². The first-order valence-corrected chi connectivity index (χ1v) is 12.0. The predicted octanol–water partition coefficient (Wildman–Crippen LogP) is 7.84. The number of hydrogen-bond acceptors (Lipinski definition) is 2. The van der Waals surface area contributed by atoms with Gasteiger partial charge in [-0.25, -0.2) is 0 Å². The average Bonchev–Trinajstić information content (AvgIpc) is 2.83. The topological polar surface area (TPSA) is 22.1 Å². The number of hydrogen-bond donors (Lipinski definition) is 0. The molecule has 3 aromatic rings. The summed E-state index contributed by atoms with van der Waals surface area (Å²) in [6.07, 6.45) is 12.8. The van der Waals surface area contributed by atoms with Crippen molar-refractivity contribution in [2.75, 3.05) is 6.61 Å². The second-order valence-electron chi connectivity index (χ2n) is 8.36. The summed E-state index contributed by atoms with van der Waals surface area (Å²) in [6.45, 7) is 5.23. The van der Waals surface area contributed by atoms with E-state index in [0.717, 1.165) is 49.3 Å². The predicted molar refractivity (Wildman–Crippen MR) is 132 cm³/mol. The molecule has 0 bridgehead atoms. The number of pyridine rings is 1. The van der Waals surface area contributed by atoms with Crippen LogP contribution < -0.4 is 4.74 Å². The molecular formula is C29H37NO. The summed E-state index contributed by atoms with van der Waals surface area (Å²) in [4.78, 5) is 4.60. The molecule has 0 aliphatic heterocycles. The normalized spacial score (nSPS) is 10.9. The minimum atomic E-state index is 0.781. The third-order valence-electron chi connectivity index (χ3n) is 5.89. The molecule has 0 saturated carbocycles. The number of rotatable bonds is 13. The van der Waals surface area contributed by atoms with Gasteiger partial charge in [0.05, 0.1) is 18.5 Å². The van der Waals surface area contributed by atoms with E-state index in [1.807, 2.05) is 12.3 Å². The van der Waals surface area contributed by atoms with E-state index in [9.17, 15) is 0 Å². The van der Waals surface area contributed by atoms with Gasteiger partial charge in [0.1, 0.15) is 5.75 Å². The van der Waals surface area contributed by atoms with Crippen molar-refractivity contribution < 1.29 is 4.74 Å². The zero-order valence-corrected chi connectivity index (χ0v) is 19.3. The van der Waals surface area contributed by atoms with Crippen LogP contribution in [0.15, 0.2) is 66.9 Å². The summed E-state index contributed by atoms with van der Waals surface area (Å²) in [5, 5.41) is 0. The molecular weight excluding hydrogens is 378 g/mol.